The Morgan fingerprint density at radius 1 is 1.26 bits per heavy atom. The van der Waals surface area contributed by atoms with Crippen LogP contribution in [-0.2, 0) is 14.3 Å². The van der Waals surface area contributed by atoms with Gasteiger partial charge in [-0.25, -0.2) is 0 Å². The van der Waals surface area contributed by atoms with Crippen LogP contribution in [0.1, 0.15) is 24.3 Å². The van der Waals surface area contributed by atoms with Gasteiger partial charge in [0.05, 0.1) is 20.7 Å². The molecule has 5 atom stereocenters. The van der Waals surface area contributed by atoms with Gasteiger partial charge in [-0.15, -0.1) is 0 Å². The molecule has 0 aromatic heterocycles. The van der Waals surface area contributed by atoms with E-state index in [4.69, 9.17) is 9.47 Å². The first kappa shape index (κ1) is 15.1. The van der Waals surface area contributed by atoms with Crippen LogP contribution < -0.4 is 0 Å². The summed E-state index contributed by atoms with van der Waals surface area (Å²) in [6.45, 7) is -0.224. The molecule has 3 aliphatic rings. The molecular weight excluding hydrogens is 294 g/mol. The Bertz CT molecular complexity index is 582. The smallest absolute Gasteiger partial charge is 0.316 e. The molecule has 23 heavy (non-hydrogen) atoms. The second kappa shape index (κ2) is 5.30. The molecule has 1 N–H and O–H groups in total. The number of aliphatic hydroxyl groups is 1. The van der Waals surface area contributed by atoms with Gasteiger partial charge in [0.2, 0.25) is 0 Å². The fourth-order valence-electron chi connectivity index (χ4n) is 4.55. The van der Waals surface area contributed by atoms with Crippen LogP contribution in [0.15, 0.2) is 30.3 Å². The first-order chi connectivity index (χ1) is 11.0. The Labute approximate surface area is 136 Å². The molecule has 0 unspecified atom stereocenters. The summed E-state index contributed by atoms with van der Waals surface area (Å²) in [5.41, 5.74) is 0.807. The van der Waals surface area contributed by atoms with Crippen molar-refractivity contribution in [1.82, 2.24) is 0 Å². The van der Waals surface area contributed by atoms with E-state index in [0.29, 0.717) is 24.3 Å². The predicted molar refractivity (Wildman–Crippen MR) is 83.7 cm³/mol. The number of nitrogens with zero attached hydrogens (tertiary/aromatic N) is 1. The van der Waals surface area contributed by atoms with Gasteiger partial charge in [0.15, 0.2) is 0 Å². The third-order valence-electron chi connectivity index (χ3n) is 5.99. The van der Waals surface area contributed by atoms with Crippen LogP contribution in [0.5, 0.6) is 0 Å². The molecule has 0 spiro atoms. The summed E-state index contributed by atoms with van der Waals surface area (Å²) < 4.78 is 12.5. The maximum absolute atomic E-state index is 12.5. The molecule has 3 fully saturated rings. The van der Waals surface area contributed by atoms with Gasteiger partial charge >= 0.3 is 5.97 Å². The van der Waals surface area contributed by atoms with Crippen molar-refractivity contribution in [3.05, 3.63) is 35.9 Å². The van der Waals surface area contributed by atoms with E-state index >= 15 is 0 Å². The average molecular weight is 318 g/mol. The maximum Gasteiger partial charge on any atom is 0.316 e. The quantitative estimate of drug-likeness (QED) is 0.512. The number of aliphatic hydroxyl groups excluding tert-OH is 1. The Kier molecular flexibility index (Phi) is 3.48. The van der Waals surface area contributed by atoms with Crippen molar-refractivity contribution in [3.63, 3.8) is 0 Å². The second-order valence-corrected chi connectivity index (χ2v) is 7.51. The zero-order valence-electron chi connectivity index (χ0n) is 13.6. The molecule has 0 aliphatic carbocycles. The highest BCUT2D eigenvalue weighted by Crippen LogP contribution is 2.51. The van der Waals surface area contributed by atoms with E-state index in [1.807, 2.05) is 30.3 Å². The number of esters is 1. The first-order valence-electron chi connectivity index (χ1n) is 8.37. The zero-order chi connectivity index (χ0) is 16.2. The summed E-state index contributed by atoms with van der Waals surface area (Å²) in [7, 11) is 4.51. The molecule has 1 aromatic rings. The standard InChI is InChI=1S/C18H24NO4/c1-19(2)14-8-12(9-15(19)17-16(14)23-17)22-18(21)13(10-20)11-6-4-3-5-7-11/h3-7,12-17,20H,8-10H2,1-2H3/q+1/t13-,14+,15+,16+,17+/m1/s1. The Hall–Kier alpha value is -1.43. The predicted octanol–water partition coefficient (Wildman–Crippen LogP) is 1.06. The molecule has 3 aliphatic heterocycles. The second-order valence-electron chi connectivity index (χ2n) is 7.51. The number of hydrogen-bond donors (Lipinski definition) is 1. The molecule has 3 heterocycles. The number of benzene rings is 1. The summed E-state index contributed by atoms with van der Waals surface area (Å²) >= 11 is 0. The van der Waals surface area contributed by atoms with E-state index in [0.717, 1.165) is 22.9 Å². The molecule has 124 valence electrons. The van der Waals surface area contributed by atoms with Crippen molar-refractivity contribution in [2.45, 2.75) is 49.2 Å². The summed E-state index contributed by atoms with van der Waals surface area (Å²) in [6, 6.07) is 10.2. The van der Waals surface area contributed by atoms with Crippen molar-refractivity contribution in [2.24, 2.45) is 0 Å². The van der Waals surface area contributed by atoms with Gasteiger partial charge in [0.1, 0.15) is 36.3 Å². The van der Waals surface area contributed by atoms with E-state index in [9.17, 15) is 9.90 Å². The molecule has 0 saturated carbocycles. The molecule has 4 rings (SSSR count). The number of carbonyl (C=O) groups excluding carboxylic acids is 1. The average Bonchev–Trinajstić information content (AvgIpc) is 3.27. The summed E-state index contributed by atoms with van der Waals surface area (Å²) in [6.07, 6.45) is 2.34. The van der Waals surface area contributed by atoms with Crippen LogP contribution in [0.25, 0.3) is 0 Å². The molecule has 5 heteroatoms. The number of carbonyl (C=O) groups is 1. The summed E-state index contributed by atoms with van der Waals surface area (Å²) in [4.78, 5) is 12.5. The number of hydrogen-bond acceptors (Lipinski definition) is 4. The Morgan fingerprint density at radius 2 is 1.87 bits per heavy atom. The Morgan fingerprint density at radius 3 is 2.43 bits per heavy atom. The number of ether oxygens (including phenoxy) is 2. The normalized spacial score (nSPS) is 37.8. The van der Waals surface area contributed by atoms with E-state index < -0.39 is 5.92 Å². The Balaban J connectivity index is 1.44. The van der Waals surface area contributed by atoms with Crippen LogP contribution in [0.4, 0.5) is 0 Å². The van der Waals surface area contributed by atoms with Crippen molar-refractivity contribution in [2.75, 3.05) is 20.7 Å². The van der Waals surface area contributed by atoms with Gasteiger partial charge in [-0.2, -0.15) is 0 Å². The highest BCUT2D eigenvalue weighted by Gasteiger charge is 2.70. The van der Waals surface area contributed by atoms with Crippen LogP contribution in [0.2, 0.25) is 0 Å². The minimum atomic E-state index is -0.593. The van der Waals surface area contributed by atoms with Gasteiger partial charge in [-0.3, -0.25) is 4.79 Å². The minimum absolute atomic E-state index is 0.0576. The lowest BCUT2D eigenvalue weighted by atomic mass is 9.95. The lowest BCUT2D eigenvalue weighted by molar-refractivity contribution is -0.938. The fraction of sp³-hybridized carbons (Fsp3) is 0.611. The number of rotatable bonds is 4. The van der Waals surface area contributed by atoms with E-state index in [1.54, 1.807) is 0 Å². The van der Waals surface area contributed by atoms with Gasteiger partial charge in [-0.05, 0) is 5.56 Å². The van der Waals surface area contributed by atoms with Crippen molar-refractivity contribution >= 4 is 5.97 Å². The lowest BCUT2D eigenvalue weighted by Gasteiger charge is -2.45. The number of likely N-dealkylation sites (N-methyl/N-ethyl adjacent to an activating group) is 1. The van der Waals surface area contributed by atoms with Crippen LogP contribution in [-0.4, -0.2) is 66.7 Å². The van der Waals surface area contributed by atoms with Crippen molar-refractivity contribution in [1.29, 1.82) is 0 Å². The zero-order valence-corrected chi connectivity index (χ0v) is 13.6. The monoisotopic (exact) mass is 318 g/mol. The number of piperidine rings is 1. The summed E-state index contributed by atoms with van der Waals surface area (Å²) in [5, 5.41) is 9.60. The first-order valence-corrected chi connectivity index (χ1v) is 8.37. The van der Waals surface area contributed by atoms with E-state index in [-0.39, 0.29) is 18.7 Å². The minimum Gasteiger partial charge on any atom is -0.461 e. The third kappa shape index (κ3) is 2.38. The summed E-state index contributed by atoms with van der Waals surface area (Å²) in [5.74, 6) is -0.908. The van der Waals surface area contributed by atoms with E-state index in [1.165, 1.54) is 0 Å². The molecule has 2 bridgehead atoms. The van der Waals surface area contributed by atoms with Crippen molar-refractivity contribution in [3.8, 4) is 0 Å². The van der Waals surface area contributed by atoms with Crippen LogP contribution >= 0.6 is 0 Å². The molecule has 1 aromatic carbocycles. The number of fused-ring (bicyclic) bond motifs is 5. The van der Waals surface area contributed by atoms with E-state index in [2.05, 4.69) is 14.1 Å². The van der Waals surface area contributed by atoms with Crippen LogP contribution in [0, 0.1) is 0 Å². The highest BCUT2D eigenvalue weighted by atomic mass is 16.6. The largest absolute Gasteiger partial charge is 0.461 e. The molecule has 3 saturated heterocycles. The topological polar surface area (TPSA) is 59.1 Å². The van der Waals surface area contributed by atoms with Crippen molar-refractivity contribution < 1.29 is 23.9 Å². The highest BCUT2D eigenvalue weighted by molar-refractivity contribution is 5.78. The van der Waals surface area contributed by atoms with Gasteiger partial charge in [0.25, 0.3) is 0 Å². The SMILES string of the molecule is C[N+]1(C)[C@H]2CC(OC(=O)[C@H](CO)c3ccccc3)C[C@H]1[C@@H]1O[C@H]12. The van der Waals surface area contributed by atoms with Gasteiger partial charge < -0.3 is 19.1 Å². The van der Waals surface area contributed by atoms with Crippen LogP contribution in [0.3, 0.4) is 0 Å². The number of epoxide rings is 1. The van der Waals surface area contributed by atoms with Gasteiger partial charge in [0, 0.05) is 12.8 Å². The molecular formula is C18H24NO4+. The number of morpholine rings is 1. The molecule has 0 radical (unpaired) electrons. The fourth-order valence-corrected chi connectivity index (χ4v) is 4.55. The number of quaternary nitrogens is 1. The lowest BCUT2D eigenvalue weighted by Crippen LogP contribution is -2.60. The molecule has 0 amide bonds. The molecule has 5 nitrogen and oxygen atoms in total. The third-order valence-corrected chi connectivity index (χ3v) is 5.99. The van der Waals surface area contributed by atoms with Gasteiger partial charge in [-0.1, -0.05) is 30.3 Å². The maximum atomic E-state index is 12.5.